The van der Waals surface area contributed by atoms with Gasteiger partial charge in [-0.3, -0.25) is 4.72 Å². The summed E-state index contributed by atoms with van der Waals surface area (Å²) >= 11 is 3.47. The van der Waals surface area contributed by atoms with Crippen molar-refractivity contribution in [3.8, 4) is 0 Å². The van der Waals surface area contributed by atoms with E-state index < -0.39 is 10.2 Å². The second-order valence-corrected chi connectivity index (χ2v) is 7.01. The summed E-state index contributed by atoms with van der Waals surface area (Å²) < 4.78 is 34.6. The Bertz CT molecular complexity index is 545. The quantitative estimate of drug-likeness (QED) is 0.909. The minimum atomic E-state index is -3.49. The van der Waals surface area contributed by atoms with Crippen molar-refractivity contribution in [3.63, 3.8) is 0 Å². The SMILES string of the molecule is Cc1cc(NS(=O)(=O)N2CCOCC2)cc(C)c1Br. The first-order chi connectivity index (χ1) is 8.90. The topological polar surface area (TPSA) is 58.6 Å². The third-order valence-electron chi connectivity index (χ3n) is 2.99. The maximum absolute atomic E-state index is 12.2. The van der Waals surface area contributed by atoms with E-state index in [0.29, 0.717) is 32.0 Å². The fourth-order valence-corrected chi connectivity index (χ4v) is 3.41. The normalized spacial score (nSPS) is 17.4. The Balaban J connectivity index is 2.20. The molecule has 1 aliphatic heterocycles. The molecule has 0 atom stereocenters. The molecule has 0 aliphatic carbocycles. The molecule has 0 amide bonds. The van der Waals surface area contributed by atoms with Crippen molar-refractivity contribution >= 4 is 31.8 Å². The van der Waals surface area contributed by atoms with Gasteiger partial charge in [0.15, 0.2) is 0 Å². The minimum Gasteiger partial charge on any atom is -0.379 e. The number of halogens is 1. The monoisotopic (exact) mass is 348 g/mol. The maximum atomic E-state index is 12.2. The Morgan fingerprint density at radius 1 is 1.21 bits per heavy atom. The number of anilines is 1. The Labute approximate surface area is 122 Å². The highest BCUT2D eigenvalue weighted by Crippen LogP contribution is 2.26. The molecule has 19 heavy (non-hydrogen) atoms. The molecule has 106 valence electrons. The van der Waals surface area contributed by atoms with Crippen LogP contribution in [0.3, 0.4) is 0 Å². The summed E-state index contributed by atoms with van der Waals surface area (Å²) in [5, 5.41) is 0. The Morgan fingerprint density at radius 2 is 1.74 bits per heavy atom. The molecule has 0 saturated carbocycles. The van der Waals surface area contributed by atoms with Crippen molar-refractivity contribution in [3.05, 3.63) is 27.7 Å². The Kier molecular flexibility index (Phi) is 4.50. The van der Waals surface area contributed by atoms with Gasteiger partial charge in [-0.25, -0.2) is 0 Å². The molecule has 0 aromatic heterocycles. The minimum absolute atomic E-state index is 0.393. The van der Waals surface area contributed by atoms with Crippen LogP contribution in [-0.4, -0.2) is 39.0 Å². The van der Waals surface area contributed by atoms with Crippen LogP contribution in [0, 0.1) is 13.8 Å². The van der Waals surface area contributed by atoms with Gasteiger partial charge in [0, 0.05) is 17.6 Å². The number of rotatable bonds is 3. The largest absolute Gasteiger partial charge is 0.379 e. The number of hydrogen-bond donors (Lipinski definition) is 1. The van der Waals surface area contributed by atoms with E-state index in [9.17, 15) is 8.42 Å². The number of benzene rings is 1. The van der Waals surface area contributed by atoms with Crippen LogP contribution in [0.4, 0.5) is 5.69 Å². The highest BCUT2D eigenvalue weighted by atomic mass is 79.9. The average Bonchev–Trinajstić information content (AvgIpc) is 2.36. The molecule has 1 N–H and O–H groups in total. The van der Waals surface area contributed by atoms with Gasteiger partial charge in [0.05, 0.1) is 18.9 Å². The summed E-state index contributed by atoms with van der Waals surface area (Å²) in [5.41, 5.74) is 2.59. The molecular formula is C12H17BrN2O3S. The molecule has 1 aromatic rings. The van der Waals surface area contributed by atoms with Crippen molar-refractivity contribution in [2.45, 2.75) is 13.8 Å². The van der Waals surface area contributed by atoms with E-state index in [-0.39, 0.29) is 0 Å². The third kappa shape index (κ3) is 3.47. The van der Waals surface area contributed by atoms with E-state index in [1.807, 2.05) is 26.0 Å². The molecule has 1 aliphatic rings. The molecule has 7 heteroatoms. The van der Waals surface area contributed by atoms with Gasteiger partial charge in [-0.05, 0) is 37.1 Å². The van der Waals surface area contributed by atoms with Gasteiger partial charge in [0.2, 0.25) is 0 Å². The van der Waals surface area contributed by atoms with Crippen molar-refractivity contribution in [2.24, 2.45) is 0 Å². The molecule has 1 fully saturated rings. The number of morpholine rings is 1. The lowest BCUT2D eigenvalue weighted by molar-refractivity contribution is 0.0733. The van der Waals surface area contributed by atoms with E-state index in [1.54, 1.807) is 0 Å². The Hall–Kier alpha value is -0.630. The van der Waals surface area contributed by atoms with Gasteiger partial charge in [0.25, 0.3) is 0 Å². The smallest absolute Gasteiger partial charge is 0.301 e. The molecule has 5 nitrogen and oxygen atoms in total. The molecule has 0 bridgehead atoms. The standard InChI is InChI=1S/C12H17BrN2O3S/c1-9-7-11(8-10(2)12(9)13)14-19(16,17)15-3-5-18-6-4-15/h7-8,14H,3-6H2,1-2H3. The molecule has 1 heterocycles. The van der Waals surface area contributed by atoms with Crippen LogP contribution >= 0.6 is 15.9 Å². The molecule has 0 spiro atoms. The molecule has 1 saturated heterocycles. The van der Waals surface area contributed by atoms with Crippen molar-refractivity contribution in [1.29, 1.82) is 0 Å². The third-order valence-corrected chi connectivity index (χ3v) is 5.78. The summed E-state index contributed by atoms with van der Waals surface area (Å²) in [6, 6.07) is 3.63. The van der Waals surface area contributed by atoms with Crippen molar-refractivity contribution in [2.75, 3.05) is 31.0 Å². The van der Waals surface area contributed by atoms with Gasteiger partial charge in [0.1, 0.15) is 0 Å². The molecule has 2 rings (SSSR count). The van der Waals surface area contributed by atoms with E-state index in [0.717, 1.165) is 15.6 Å². The fraction of sp³-hybridized carbons (Fsp3) is 0.500. The zero-order valence-electron chi connectivity index (χ0n) is 10.9. The molecular weight excluding hydrogens is 332 g/mol. The lowest BCUT2D eigenvalue weighted by Crippen LogP contribution is -2.43. The summed E-state index contributed by atoms with van der Waals surface area (Å²) in [7, 11) is -3.49. The summed E-state index contributed by atoms with van der Waals surface area (Å²) in [4.78, 5) is 0. The highest BCUT2D eigenvalue weighted by molar-refractivity contribution is 9.10. The van der Waals surface area contributed by atoms with Gasteiger partial charge in [-0.15, -0.1) is 0 Å². The number of hydrogen-bond acceptors (Lipinski definition) is 3. The van der Waals surface area contributed by atoms with Crippen LogP contribution in [0.5, 0.6) is 0 Å². The second kappa shape index (κ2) is 5.78. The molecule has 1 aromatic carbocycles. The maximum Gasteiger partial charge on any atom is 0.301 e. The Morgan fingerprint density at radius 3 is 2.26 bits per heavy atom. The lowest BCUT2D eigenvalue weighted by Gasteiger charge is -2.26. The molecule has 0 unspecified atom stereocenters. The van der Waals surface area contributed by atoms with Gasteiger partial charge in [-0.2, -0.15) is 12.7 Å². The number of nitrogens with one attached hydrogen (secondary N) is 1. The summed E-state index contributed by atoms with van der Waals surface area (Å²) in [6.45, 7) is 5.54. The van der Waals surface area contributed by atoms with Crippen LogP contribution in [0.1, 0.15) is 11.1 Å². The van der Waals surface area contributed by atoms with Crippen LogP contribution in [0.15, 0.2) is 16.6 Å². The fourth-order valence-electron chi connectivity index (χ4n) is 2.01. The van der Waals surface area contributed by atoms with Crippen LogP contribution in [0.2, 0.25) is 0 Å². The number of aryl methyl sites for hydroxylation is 2. The number of ether oxygens (including phenoxy) is 1. The molecule has 0 radical (unpaired) electrons. The van der Waals surface area contributed by atoms with Crippen LogP contribution in [0.25, 0.3) is 0 Å². The van der Waals surface area contributed by atoms with Gasteiger partial charge in [-0.1, -0.05) is 15.9 Å². The van der Waals surface area contributed by atoms with Crippen molar-refractivity contribution in [1.82, 2.24) is 4.31 Å². The van der Waals surface area contributed by atoms with Gasteiger partial charge >= 0.3 is 10.2 Å². The van der Waals surface area contributed by atoms with E-state index in [1.165, 1.54) is 4.31 Å². The summed E-state index contributed by atoms with van der Waals surface area (Å²) in [5.74, 6) is 0. The first-order valence-corrected chi connectivity index (χ1v) is 8.26. The summed E-state index contributed by atoms with van der Waals surface area (Å²) in [6.07, 6.45) is 0. The number of nitrogens with zero attached hydrogens (tertiary/aromatic N) is 1. The van der Waals surface area contributed by atoms with E-state index in [4.69, 9.17) is 4.74 Å². The average molecular weight is 349 g/mol. The van der Waals surface area contributed by atoms with E-state index in [2.05, 4.69) is 20.7 Å². The van der Waals surface area contributed by atoms with Crippen LogP contribution < -0.4 is 4.72 Å². The first-order valence-electron chi connectivity index (χ1n) is 6.02. The van der Waals surface area contributed by atoms with Gasteiger partial charge < -0.3 is 4.74 Å². The van der Waals surface area contributed by atoms with E-state index >= 15 is 0 Å². The zero-order chi connectivity index (χ0) is 14.0. The van der Waals surface area contributed by atoms with Crippen molar-refractivity contribution < 1.29 is 13.2 Å². The van der Waals surface area contributed by atoms with Crippen LogP contribution in [-0.2, 0) is 14.9 Å². The first kappa shape index (κ1) is 14.8. The second-order valence-electron chi connectivity index (χ2n) is 4.54. The predicted octanol–water partition coefficient (Wildman–Crippen LogP) is 2.05. The lowest BCUT2D eigenvalue weighted by atomic mass is 10.1. The predicted molar refractivity (Wildman–Crippen MR) is 78.6 cm³/mol. The highest BCUT2D eigenvalue weighted by Gasteiger charge is 2.24. The zero-order valence-corrected chi connectivity index (χ0v) is 13.3.